The highest BCUT2D eigenvalue weighted by Crippen LogP contribution is 2.31. The van der Waals surface area contributed by atoms with Gasteiger partial charge in [-0.3, -0.25) is 0 Å². The van der Waals surface area contributed by atoms with E-state index >= 15 is 0 Å². The lowest BCUT2D eigenvalue weighted by Crippen LogP contribution is -2.59. The molecule has 4 heteroatoms. The van der Waals surface area contributed by atoms with Crippen LogP contribution in [0.5, 0.6) is 5.75 Å². The predicted octanol–water partition coefficient (Wildman–Crippen LogP) is 7.41. The Morgan fingerprint density at radius 2 is 1.28 bits per heavy atom. The molecule has 0 atom stereocenters. The van der Waals surface area contributed by atoms with Gasteiger partial charge in [-0.15, -0.1) is 0 Å². The number of benzene rings is 3. The average Bonchev–Trinajstić information content (AvgIpc) is 2.66. The second-order valence-electron chi connectivity index (χ2n) is 9.53. The zero-order valence-electron chi connectivity index (χ0n) is 18.6. The first-order chi connectivity index (χ1) is 13.6. The third-order valence-corrected chi connectivity index (χ3v) is 12.1. The summed E-state index contributed by atoms with van der Waals surface area (Å²) in [6, 6.07) is 27.8. The Morgan fingerprint density at radius 1 is 0.655 bits per heavy atom. The Bertz CT molecular complexity index is 912. The molecule has 0 bridgehead atoms. The van der Waals surface area contributed by atoms with E-state index < -0.39 is 16.5 Å². The van der Waals surface area contributed by atoms with E-state index in [0.29, 0.717) is 6.61 Å². The Morgan fingerprint density at radius 3 is 1.86 bits per heavy atom. The lowest BCUT2D eigenvalue weighted by molar-refractivity contribution is 0.306. The van der Waals surface area contributed by atoms with Crippen molar-refractivity contribution in [3.63, 3.8) is 0 Å². The molecule has 0 aliphatic heterocycles. The smallest absolute Gasteiger partial charge is 0.138 e. The Balaban J connectivity index is 1.79. The quantitative estimate of drug-likeness (QED) is 0.370. The maximum Gasteiger partial charge on any atom is 0.138 e. The summed E-state index contributed by atoms with van der Waals surface area (Å²) in [5.74, 6) is 0.904. The molecule has 0 fully saturated rings. The van der Waals surface area contributed by atoms with E-state index in [1.165, 1.54) is 22.4 Å². The number of hydrogen-bond acceptors (Lipinski definition) is 2. The first-order valence-corrected chi connectivity index (χ1v) is 17.2. The summed E-state index contributed by atoms with van der Waals surface area (Å²) in [4.78, 5) is 0. The molecule has 0 N–H and O–H groups in total. The molecule has 3 aromatic carbocycles. The van der Waals surface area contributed by atoms with E-state index in [1.807, 2.05) is 24.3 Å². The fourth-order valence-corrected chi connectivity index (χ4v) is 14.0. The van der Waals surface area contributed by atoms with Gasteiger partial charge in [0.2, 0.25) is 0 Å². The van der Waals surface area contributed by atoms with Crippen LogP contribution in [0.1, 0.15) is 5.56 Å². The molecule has 152 valence electrons. The lowest BCUT2D eigenvalue weighted by Gasteiger charge is -2.46. The Labute approximate surface area is 178 Å². The summed E-state index contributed by atoms with van der Waals surface area (Å²) in [7, 11) is -2.87. The van der Waals surface area contributed by atoms with Crippen LogP contribution in [0.4, 0.5) is 5.69 Å². The van der Waals surface area contributed by atoms with Gasteiger partial charge in [-0.05, 0) is 41.0 Å². The number of hydrogen-bond donors (Lipinski definition) is 0. The van der Waals surface area contributed by atoms with Crippen molar-refractivity contribution in [2.75, 3.05) is 4.23 Å². The van der Waals surface area contributed by atoms with Gasteiger partial charge in [0, 0.05) is 5.69 Å². The van der Waals surface area contributed by atoms with Crippen LogP contribution < -0.4 is 8.97 Å². The van der Waals surface area contributed by atoms with Crippen molar-refractivity contribution in [1.29, 1.82) is 0 Å². The van der Waals surface area contributed by atoms with Crippen LogP contribution in [-0.2, 0) is 6.61 Å². The van der Waals surface area contributed by atoms with Gasteiger partial charge < -0.3 is 8.97 Å². The summed E-state index contributed by atoms with van der Waals surface area (Å²) < 4.78 is 8.76. The lowest BCUT2D eigenvalue weighted by atomic mass is 10.1. The summed E-state index contributed by atoms with van der Waals surface area (Å²) in [6.07, 6.45) is 0. The van der Waals surface area contributed by atoms with Gasteiger partial charge >= 0.3 is 0 Å². The molecule has 0 aromatic heterocycles. The van der Waals surface area contributed by atoms with Crippen molar-refractivity contribution in [2.24, 2.45) is 0 Å². The maximum atomic E-state index is 6.01. The summed E-state index contributed by atoms with van der Waals surface area (Å²) >= 11 is 0. The molecule has 0 heterocycles. The number of ether oxygens (including phenoxy) is 1. The van der Waals surface area contributed by atoms with E-state index in [2.05, 4.69) is 98.1 Å². The van der Waals surface area contributed by atoms with Crippen molar-refractivity contribution in [1.82, 2.24) is 0 Å². The van der Waals surface area contributed by atoms with Crippen LogP contribution in [0.2, 0.25) is 39.3 Å². The monoisotopic (exact) mass is 419 g/mol. The van der Waals surface area contributed by atoms with Gasteiger partial charge in [0.15, 0.2) is 0 Å². The minimum absolute atomic E-state index is 0.588. The minimum atomic E-state index is -1.44. The number of anilines is 1. The second-order valence-corrected chi connectivity index (χ2v) is 19.6. The minimum Gasteiger partial charge on any atom is -0.489 e. The molecule has 29 heavy (non-hydrogen) atoms. The fourth-order valence-electron chi connectivity index (χ4n) is 4.09. The third-order valence-electron chi connectivity index (χ3n) is 4.88. The van der Waals surface area contributed by atoms with E-state index in [4.69, 9.17) is 4.74 Å². The molecule has 2 nitrogen and oxygen atoms in total. The number of rotatable bonds is 7. The second kappa shape index (κ2) is 8.60. The van der Waals surface area contributed by atoms with E-state index in [0.717, 1.165) is 5.75 Å². The average molecular weight is 420 g/mol. The van der Waals surface area contributed by atoms with Crippen molar-refractivity contribution in [3.05, 3.63) is 84.4 Å². The molecule has 0 amide bonds. The normalized spacial score (nSPS) is 11.9. The standard InChI is InChI=1S/C25H33NOSi2/c1-28(2,3)26(29(4,5)6)24-17-15-22(16-18-24)23-13-10-14-25(19-23)27-20-21-11-8-7-9-12-21/h7-19H,20H2,1-6H3. The molecule has 3 aromatic rings. The molecule has 0 radical (unpaired) electrons. The number of nitrogens with zero attached hydrogens (tertiary/aromatic N) is 1. The van der Waals surface area contributed by atoms with Gasteiger partial charge in [-0.1, -0.05) is 93.9 Å². The van der Waals surface area contributed by atoms with Crippen LogP contribution in [0, 0.1) is 0 Å². The van der Waals surface area contributed by atoms with Crippen molar-refractivity contribution >= 4 is 22.2 Å². The van der Waals surface area contributed by atoms with Crippen LogP contribution in [0.3, 0.4) is 0 Å². The highest BCUT2D eigenvalue weighted by molar-refractivity contribution is 6.99. The first kappa shape index (κ1) is 21.4. The molecular formula is C25H33NOSi2. The zero-order chi connectivity index (χ0) is 21.1. The molecule has 0 aliphatic rings. The van der Waals surface area contributed by atoms with Crippen molar-refractivity contribution in [2.45, 2.75) is 45.9 Å². The van der Waals surface area contributed by atoms with Crippen molar-refractivity contribution < 1.29 is 4.74 Å². The predicted molar refractivity (Wildman–Crippen MR) is 132 cm³/mol. The van der Waals surface area contributed by atoms with Gasteiger partial charge in [0.1, 0.15) is 28.8 Å². The highest BCUT2D eigenvalue weighted by Gasteiger charge is 2.34. The molecule has 3 rings (SSSR count). The molecule has 0 saturated carbocycles. The SMILES string of the molecule is C[Si](C)(C)N(c1ccc(-c2cccc(OCc3ccccc3)c2)cc1)[Si](C)(C)C. The third kappa shape index (κ3) is 5.61. The van der Waals surface area contributed by atoms with E-state index in [9.17, 15) is 0 Å². The van der Waals surface area contributed by atoms with Crippen molar-refractivity contribution in [3.8, 4) is 16.9 Å². The summed E-state index contributed by atoms with van der Waals surface area (Å²) in [5, 5.41) is 0. The van der Waals surface area contributed by atoms with Gasteiger partial charge in [-0.2, -0.15) is 0 Å². The Hall–Kier alpha value is -2.31. The van der Waals surface area contributed by atoms with Gasteiger partial charge in [0.25, 0.3) is 0 Å². The van der Waals surface area contributed by atoms with Crippen LogP contribution in [0.25, 0.3) is 11.1 Å². The van der Waals surface area contributed by atoms with Gasteiger partial charge in [-0.25, -0.2) is 0 Å². The molecule has 0 saturated heterocycles. The molecule has 0 aliphatic carbocycles. The highest BCUT2D eigenvalue weighted by atomic mass is 28.4. The molecule has 0 spiro atoms. The van der Waals surface area contributed by atoms with Crippen LogP contribution in [-0.4, -0.2) is 16.5 Å². The first-order valence-electron chi connectivity index (χ1n) is 10.3. The van der Waals surface area contributed by atoms with E-state index in [-0.39, 0.29) is 0 Å². The summed E-state index contributed by atoms with van der Waals surface area (Å²) in [6.45, 7) is 15.2. The summed E-state index contributed by atoms with van der Waals surface area (Å²) in [5.41, 5.74) is 4.96. The van der Waals surface area contributed by atoms with Gasteiger partial charge in [0.05, 0.1) is 0 Å². The van der Waals surface area contributed by atoms with Crippen LogP contribution >= 0.6 is 0 Å². The topological polar surface area (TPSA) is 12.5 Å². The van der Waals surface area contributed by atoms with Crippen LogP contribution in [0.15, 0.2) is 78.9 Å². The van der Waals surface area contributed by atoms with E-state index in [1.54, 1.807) is 0 Å². The molecular weight excluding hydrogens is 386 g/mol. The fraction of sp³-hybridized carbons (Fsp3) is 0.280. The maximum absolute atomic E-state index is 6.01. The molecule has 0 unspecified atom stereocenters. The zero-order valence-corrected chi connectivity index (χ0v) is 20.6. The largest absolute Gasteiger partial charge is 0.489 e. The Kier molecular flexibility index (Phi) is 6.34.